The number of halogens is 1. The third kappa shape index (κ3) is 5.38. The van der Waals surface area contributed by atoms with Gasteiger partial charge in [0.2, 0.25) is 5.91 Å². The lowest BCUT2D eigenvalue weighted by Gasteiger charge is -2.31. The Morgan fingerprint density at radius 2 is 1.73 bits per heavy atom. The van der Waals surface area contributed by atoms with Crippen LogP contribution in [0.4, 0.5) is 0 Å². The van der Waals surface area contributed by atoms with Crippen molar-refractivity contribution in [3.8, 4) is 0 Å². The van der Waals surface area contributed by atoms with Gasteiger partial charge in [0, 0.05) is 24.4 Å². The predicted molar refractivity (Wildman–Crippen MR) is 63.1 cm³/mol. The molecule has 90 valence electrons. The Kier molecular flexibility index (Phi) is 6.94. The molecule has 1 unspecified atom stereocenters. The van der Waals surface area contributed by atoms with Gasteiger partial charge in [0.15, 0.2) is 0 Å². The van der Waals surface area contributed by atoms with Crippen molar-refractivity contribution in [2.75, 3.05) is 5.88 Å². The number of hydrogen-bond acceptors (Lipinski definition) is 2. The molecule has 0 aromatic heterocycles. The van der Waals surface area contributed by atoms with Crippen molar-refractivity contribution < 1.29 is 9.90 Å². The van der Waals surface area contributed by atoms with Crippen LogP contribution in [0.2, 0.25) is 0 Å². The van der Waals surface area contributed by atoms with E-state index in [0.717, 1.165) is 0 Å². The molecule has 0 aliphatic rings. The van der Waals surface area contributed by atoms with E-state index in [2.05, 4.69) is 0 Å². The predicted octanol–water partition coefficient (Wildman–Crippen LogP) is 2.01. The van der Waals surface area contributed by atoms with Crippen LogP contribution in [0.15, 0.2) is 0 Å². The molecule has 3 nitrogen and oxygen atoms in total. The van der Waals surface area contributed by atoms with Crippen LogP contribution in [0.25, 0.3) is 0 Å². The van der Waals surface area contributed by atoms with E-state index in [1.54, 1.807) is 0 Å². The van der Waals surface area contributed by atoms with Crippen molar-refractivity contribution in [2.24, 2.45) is 0 Å². The van der Waals surface area contributed by atoms with Gasteiger partial charge in [-0.2, -0.15) is 0 Å². The first-order valence-electron chi connectivity index (χ1n) is 5.45. The summed E-state index contributed by atoms with van der Waals surface area (Å²) in [6, 6.07) is 0.399. The largest absolute Gasteiger partial charge is 0.392 e. The van der Waals surface area contributed by atoms with Gasteiger partial charge in [0.1, 0.15) is 0 Å². The summed E-state index contributed by atoms with van der Waals surface area (Å²) in [5.74, 6) is 0.278. The van der Waals surface area contributed by atoms with Gasteiger partial charge in [-0.1, -0.05) is 0 Å². The average molecular weight is 236 g/mol. The molecule has 1 amide bonds. The number of carbonyl (C=O) groups excluding carboxylic acids is 1. The van der Waals surface area contributed by atoms with Crippen LogP contribution in [0.3, 0.4) is 0 Å². The molecular weight excluding hydrogens is 214 g/mol. The van der Waals surface area contributed by atoms with Gasteiger partial charge in [-0.05, 0) is 34.1 Å². The first-order valence-corrected chi connectivity index (χ1v) is 5.98. The summed E-state index contributed by atoms with van der Waals surface area (Å²) < 4.78 is 0. The molecule has 1 atom stereocenters. The molecular formula is C11H22ClNO2. The van der Waals surface area contributed by atoms with Gasteiger partial charge >= 0.3 is 0 Å². The Morgan fingerprint density at radius 3 is 2.07 bits per heavy atom. The Bertz CT molecular complexity index is 187. The van der Waals surface area contributed by atoms with E-state index in [1.165, 1.54) is 0 Å². The zero-order valence-electron chi connectivity index (χ0n) is 10.0. The summed E-state index contributed by atoms with van der Waals surface area (Å²) in [5.41, 5.74) is 0. The molecule has 0 spiro atoms. The van der Waals surface area contributed by atoms with Crippen molar-refractivity contribution >= 4 is 17.5 Å². The lowest BCUT2D eigenvalue weighted by molar-refractivity contribution is -0.135. The SMILES string of the molecule is CC(C)N(C(=O)CCC(O)CCl)C(C)C. The van der Waals surface area contributed by atoms with Crippen LogP contribution in [-0.2, 0) is 4.79 Å². The second-order valence-electron chi connectivity index (χ2n) is 4.34. The highest BCUT2D eigenvalue weighted by Gasteiger charge is 2.20. The zero-order chi connectivity index (χ0) is 12.0. The van der Waals surface area contributed by atoms with Gasteiger partial charge in [0.05, 0.1) is 6.10 Å². The number of aliphatic hydroxyl groups is 1. The molecule has 0 saturated heterocycles. The highest BCUT2D eigenvalue weighted by Crippen LogP contribution is 2.10. The van der Waals surface area contributed by atoms with Crippen molar-refractivity contribution in [3.63, 3.8) is 0 Å². The van der Waals surface area contributed by atoms with Gasteiger partial charge < -0.3 is 10.0 Å². The number of alkyl halides is 1. The van der Waals surface area contributed by atoms with Gasteiger partial charge in [-0.3, -0.25) is 4.79 Å². The number of rotatable bonds is 6. The number of amides is 1. The fourth-order valence-electron chi connectivity index (χ4n) is 1.67. The molecule has 15 heavy (non-hydrogen) atoms. The molecule has 0 aromatic rings. The number of nitrogens with zero attached hydrogens (tertiary/aromatic N) is 1. The molecule has 0 fully saturated rings. The highest BCUT2D eigenvalue weighted by atomic mass is 35.5. The maximum atomic E-state index is 11.8. The molecule has 0 heterocycles. The van der Waals surface area contributed by atoms with E-state index in [4.69, 9.17) is 11.6 Å². The lowest BCUT2D eigenvalue weighted by atomic mass is 10.1. The monoisotopic (exact) mass is 235 g/mol. The van der Waals surface area contributed by atoms with Crippen LogP contribution in [0.5, 0.6) is 0 Å². The Balaban J connectivity index is 4.16. The number of hydrogen-bond donors (Lipinski definition) is 1. The summed E-state index contributed by atoms with van der Waals surface area (Å²) in [6.07, 6.45) is 0.236. The normalized spacial score (nSPS) is 13.3. The minimum atomic E-state index is -0.572. The average Bonchev–Trinajstić information content (AvgIpc) is 2.12. The van der Waals surface area contributed by atoms with E-state index in [9.17, 15) is 9.90 Å². The molecule has 0 bridgehead atoms. The maximum Gasteiger partial charge on any atom is 0.223 e. The highest BCUT2D eigenvalue weighted by molar-refractivity contribution is 6.18. The number of aliphatic hydroxyl groups excluding tert-OH is 1. The molecule has 0 rings (SSSR count). The van der Waals surface area contributed by atoms with Crippen molar-refractivity contribution in [2.45, 2.75) is 58.7 Å². The van der Waals surface area contributed by atoms with E-state index in [1.807, 2.05) is 32.6 Å². The van der Waals surface area contributed by atoms with Gasteiger partial charge in [-0.15, -0.1) is 11.6 Å². The minimum Gasteiger partial charge on any atom is -0.392 e. The summed E-state index contributed by atoms with van der Waals surface area (Å²) in [4.78, 5) is 13.7. The molecule has 0 aliphatic carbocycles. The van der Waals surface area contributed by atoms with Crippen molar-refractivity contribution in [1.82, 2.24) is 4.90 Å². The van der Waals surface area contributed by atoms with Crippen molar-refractivity contribution in [3.05, 3.63) is 0 Å². The second-order valence-corrected chi connectivity index (χ2v) is 4.64. The Morgan fingerprint density at radius 1 is 1.27 bits per heavy atom. The fraction of sp³-hybridized carbons (Fsp3) is 0.909. The first kappa shape index (κ1) is 14.7. The van der Waals surface area contributed by atoms with E-state index in [0.29, 0.717) is 12.8 Å². The van der Waals surface area contributed by atoms with Crippen molar-refractivity contribution in [1.29, 1.82) is 0 Å². The minimum absolute atomic E-state index is 0.0872. The van der Waals surface area contributed by atoms with E-state index < -0.39 is 6.10 Å². The number of carbonyl (C=O) groups is 1. The topological polar surface area (TPSA) is 40.5 Å². The second kappa shape index (κ2) is 7.07. The maximum absolute atomic E-state index is 11.8. The van der Waals surface area contributed by atoms with Crippen LogP contribution in [0.1, 0.15) is 40.5 Å². The van der Waals surface area contributed by atoms with E-state index in [-0.39, 0.29) is 23.9 Å². The molecule has 1 N–H and O–H groups in total. The Labute approximate surface area is 97.4 Å². The van der Waals surface area contributed by atoms with Crippen LogP contribution in [-0.4, -0.2) is 40.0 Å². The quantitative estimate of drug-likeness (QED) is 0.716. The van der Waals surface area contributed by atoms with Crippen LogP contribution in [0, 0.1) is 0 Å². The molecule has 0 aromatic carbocycles. The fourth-order valence-corrected chi connectivity index (χ4v) is 1.82. The van der Waals surface area contributed by atoms with Crippen LogP contribution >= 0.6 is 11.6 Å². The van der Waals surface area contributed by atoms with Gasteiger partial charge in [0.25, 0.3) is 0 Å². The smallest absolute Gasteiger partial charge is 0.223 e. The van der Waals surface area contributed by atoms with Gasteiger partial charge in [-0.25, -0.2) is 0 Å². The summed E-state index contributed by atoms with van der Waals surface area (Å²) >= 11 is 5.47. The molecule has 0 radical (unpaired) electrons. The molecule has 4 heteroatoms. The third-order valence-electron chi connectivity index (χ3n) is 2.27. The van der Waals surface area contributed by atoms with E-state index >= 15 is 0 Å². The Hall–Kier alpha value is -0.280. The standard InChI is InChI=1S/C11H22ClNO2/c1-8(2)13(9(3)4)11(15)6-5-10(14)7-12/h8-10,14H,5-7H2,1-4H3. The lowest BCUT2D eigenvalue weighted by Crippen LogP contribution is -2.42. The zero-order valence-corrected chi connectivity index (χ0v) is 10.8. The third-order valence-corrected chi connectivity index (χ3v) is 2.63. The first-order chi connectivity index (χ1) is 6.90. The molecule has 0 aliphatic heterocycles. The van der Waals surface area contributed by atoms with Crippen LogP contribution < -0.4 is 0 Å². The summed E-state index contributed by atoms with van der Waals surface area (Å²) in [7, 11) is 0. The summed E-state index contributed by atoms with van der Waals surface area (Å²) in [6.45, 7) is 7.98. The molecule has 0 saturated carbocycles. The summed E-state index contributed by atoms with van der Waals surface area (Å²) in [5, 5.41) is 9.26.